The van der Waals surface area contributed by atoms with Crippen molar-refractivity contribution in [3.63, 3.8) is 0 Å². The van der Waals surface area contributed by atoms with Gasteiger partial charge in [0.2, 0.25) is 0 Å². The Kier molecular flexibility index (Phi) is 5.39. The van der Waals surface area contributed by atoms with E-state index in [0.29, 0.717) is 10.2 Å². The first-order chi connectivity index (χ1) is 14.5. The highest BCUT2D eigenvalue weighted by Crippen LogP contribution is 2.33. The fourth-order valence-electron chi connectivity index (χ4n) is 2.83. The normalized spacial score (nSPS) is 10.8. The van der Waals surface area contributed by atoms with Crippen molar-refractivity contribution < 1.29 is 14.6 Å². The molecule has 3 aromatic heterocycles. The highest BCUT2D eigenvalue weighted by Gasteiger charge is 2.18. The molecule has 0 radical (unpaired) electrons. The summed E-state index contributed by atoms with van der Waals surface area (Å²) in [7, 11) is 3.31. The summed E-state index contributed by atoms with van der Waals surface area (Å²) in [4.78, 5) is 26.9. The molecule has 0 saturated heterocycles. The van der Waals surface area contributed by atoms with Crippen LogP contribution in [-0.2, 0) is 0 Å². The van der Waals surface area contributed by atoms with Crippen molar-refractivity contribution in [3.8, 4) is 11.5 Å². The van der Waals surface area contributed by atoms with Gasteiger partial charge >= 0.3 is 0 Å². The second kappa shape index (κ2) is 8.13. The number of carbonyl (C=O) groups excluding carboxylic acids is 1. The molecule has 0 aliphatic carbocycles. The summed E-state index contributed by atoms with van der Waals surface area (Å²) in [5.74, 6) is -0.729. The van der Waals surface area contributed by atoms with E-state index >= 15 is 0 Å². The SMILES string of the molecule is COc1ccnc(C(=O)Nc2nc3ccc(N(C)c4cncc(Cl)c4)cc3s2)c1O. The molecule has 0 saturated carbocycles. The highest BCUT2D eigenvalue weighted by molar-refractivity contribution is 7.22. The Bertz CT molecular complexity index is 1250. The Balaban J connectivity index is 1.59. The molecule has 152 valence electrons. The van der Waals surface area contributed by atoms with Gasteiger partial charge in [-0.25, -0.2) is 9.97 Å². The van der Waals surface area contributed by atoms with Crippen LogP contribution in [-0.4, -0.2) is 40.1 Å². The van der Waals surface area contributed by atoms with E-state index in [1.165, 1.54) is 30.7 Å². The number of pyridine rings is 2. The van der Waals surface area contributed by atoms with Gasteiger partial charge in [-0.2, -0.15) is 0 Å². The number of benzene rings is 1. The zero-order valence-corrected chi connectivity index (χ0v) is 17.5. The third-order valence-electron chi connectivity index (χ3n) is 4.38. The van der Waals surface area contributed by atoms with Gasteiger partial charge in [0.25, 0.3) is 5.91 Å². The monoisotopic (exact) mass is 441 g/mol. The number of nitrogens with one attached hydrogen (secondary N) is 1. The van der Waals surface area contributed by atoms with Crippen LogP contribution in [0.15, 0.2) is 48.9 Å². The second-order valence-corrected chi connectivity index (χ2v) is 7.72. The molecule has 0 atom stereocenters. The molecule has 3 heterocycles. The number of hydrogen-bond donors (Lipinski definition) is 2. The lowest BCUT2D eigenvalue weighted by atomic mass is 10.2. The van der Waals surface area contributed by atoms with Gasteiger partial charge in [0.05, 0.1) is 34.2 Å². The van der Waals surface area contributed by atoms with Crippen molar-refractivity contribution >= 4 is 55.6 Å². The summed E-state index contributed by atoms with van der Waals surface area (Å²) in [5.41, 5.74) is 2.36. The molecule has 0 bridgehead atoms. The van der Waals surface area contributed by atoms with E-state index in [2.05, 4.69) is 20.3 Å². The number of ether oxygens (including phenoxy) is 1. The van der Waals surface area contributed by atoms with E-state index in [-0.39, 0.29) is 17.2 Å². The molecule has 0 aliphatic rings. The highest BCUT2D eigenvalue weighted by atomic mass is 35.5. The quantitative estimate of drug-likeness (QED) is 0.471. The van der Waals surface area contributed by atoms with Gasteiger partial charge in [-0.3, -0.25) is 15.1 Å². The van der Waals surface area contributed by atoms with Crippen LogP contribution in [0.25, 0.3) is 10.2 Å². The Morgan fingerprint density at radius 1 is 1.23 bits per heavy atom. The maximum atomic E-state index is 12.5. The lowest BCUT2D eigenvalue weighted by molar-refractivity contribution is 0.101. The zero-order valence-electron chi connectivity index (χ0n) is 16.0. The Labute approximate surface area is 180 Å². The van der Waals surface area contributed by atoms with E-state index in [0.717, 1.165) is 21.6 Å². The summed E-state index contributed by atoms with van der Waals surface area (Å²) in [6.45, 7) is 0. The molecule has 2 N–H and O–H groups in total. The number of hydrogen-bond acceptors (Lipinski definition) is 8. The standard InChI is InChI=1S/C20H16ClN5O3S/c1-26(13-7-11(21)9-22-10-13)12-3-4-14-16(8-12)30-20(24-14)25-19(28)17-18(27)15(29-2)5-6-23-17/h3-10,27H,1-2H3,(H,24,25,28). The minimum absolute atomic E-state index is 0.137. The van der Waals surface area contributed by atoms with Crippen LogP contribution in [0.4, 0.5) is 16.5 Å². The predicted molar refractivity (Wildman–Crippen MR) is 117 cm³/mol. The molecule has 10 heteroatoms. The number of methoxy groups -OCH3 is 1. The molecule has 1 amide bonds. The molecular formula is C20H16ClN5O3S. The Morgan fingerprint density at radius 2 is 2.07 bits per heavy atom. The molecule has 30 heavy (non-hydrogen) atoms. The molecule has 4 rings (SSSR count). The summed E-state index contributed by atoms with van der Waals surface area (Å²) in [5, 5.41) is 13.7. The van der Waals surface area contributed by atoms with E-state index in [9.17, 15) is 9.90 Å². The van der Waals surface area contributed by atoms with Crippen molar-refractivity contribution in [2.24, 2.45) is 0 Å². The number of amides is 1. The van der Waals surface area contributed by atoms with Gasteiger partial charge in [-0.1, -0.05) is 22.9 Å². The number of aromatic nitrogens is 3. The van der Waals surface area contributed by atoms with Crippen LogP contribution < -0.4 is 15.0 Å². The van der Waals surface area contributed by atoms with E-state index in [1.54, 1.807) is 12.4 Å². The summed E-state index contributed by atoms with van der Waals surface area (Å²) in [6.07, 6.45) is 4.69. The number of thiazole rings is 1. The molecule has 8 nitrogen and oxygen atoms in total. The molecule has 0 unspecified atom stereocenters. The van der Waals surface area contributed by atoms with Crippen LogP contribution in [0.3, 0.4) is 0 Å². The summed E-state index contributed by atoms with van der Waals surface area (Å²) < 4.78 is 5.89. The van der Waals surface area contributed by atoms with Crippen molar-refractivity contribution in [2.45, 2.75) is 0 Å². The lowest BCUT2D eigenvalue weighted by Crippen LogP contribution is -2.13. The van der Waals surface area contributed by atoms with Crippen molar-refractivity contribution in [3.05, 3.63) is 59.6 Å². The van der Waals surface area contributed by atoms with Gasteiger partial charge in [0.1, 0.15) is 0 Å². The number of anilines is 3. The first-order valence-corrected chi connectivity index (χ1v) is 9.94. The smallest absolute Gasteiger partial charge is 0.280 e. The number of carbonyl (C=O) groups is 1. The van der Waals surface area contributed by atoms with Gasteiger partial charge < -0.3 is 14.7 Å². The van der Waals surface area contributed by atoms with Crippen molar-refractivity contribution in [1.82, 2.24) is 15.0 Å². The fourth-order valence-corrected chi connectivity index (χ4v) is 3.89. The third-order valence-corrected chi connectivity index (χ3v) is 5.52. The second-order valence-electron chi connectivity index (χ2n) is 6.26. The van der Waals surface area contributed by atoms with Crippen LogP contribution in [0.2, 0.25) is 5.02 Å². The fraction of sp³-hybridized carbons (Fsp3) is 0.100. The van der Waals surface area contributed by atoms with Crippen LogP contribution >= 0.6 is 22.9 Å². The molecule has 0 spiro atoms. The van der Waals surface area contributed by atoms with Crippen molar-refractivity contribution in [1.29, 1.82) is 0 Å². The molecular weight excluding hydrogens is 426 g/mol. The van der Waals surface area contributed by atoms with Gasteiger partial charge in [-0.05, 0) is 24.3 Å². The minimum Gasteiger partial charge on any atom is -0.503 e. The first kappa shape index (κ1) is 19.9. The van der Waals surface area contributed by atoms with Crippen molar-refractivity contribution in [2.75, 3.05) is 24.4 Å². The Morgan fingerprint density at radius 3 is 2.83 bits per heavy atom. The number of halogens is 1. The summed E-state index contributed by atoms with van der Waals surface area (Å²) >= 11 is 7.35. The first-order valence-electron chi connectivity index (χ1n) is 8.74. The van der Waals surface area contributed by atoms with Gasteiger partial charge in [0.15, 0.2) is 22.3 Å². The average molecular weight is 442 g/mol. The Hall–Kier alpha value is -3.43. The van der Waals surface area contributed by atoms with Crippen LogP contribution in [0, 0.1) is 0 Å². The maximum absolute atomic E-state index is 12.5. The van der Waals surface area contributed by atoms with Crippen LogP contribution in [0.5, 0.6) is 11.5 Å². The molecule has 4 aromatic rings. The topological polar surface area (TPSA) is 100 Å². The largest absolute Gasteiger partial charge is 0.503 e. The third kappa shape index (κ3) is 3.85. The molecule has 0 aliphatic heterocycles. The number of rotatable bonds is 5. The van der Waals surface area contributed by atoms with Gasteiger partial charge in [-0.15, -0.1) is 0 Å². The summed E-state index contributed by atoms with van der Waals surface area (Å²) in [6, 6.07) is 9.04. The lowest BCUT2D eigenvalue weighted by Gasteiger charge is -2.19. The molecule has 0 fully saturated rings. The van der Waals surface area contributed by atoms with E-state index < -0.39 is 5.91 Å². The number of fused-ring (bicyclic) bond motifs is 1. The van der Waals surface area contributed by atoms with E-state index in [4.69, 9.17) is 16.3 Å². The van der Waals surface area contributed by atoms with Crippen LogP contribution in [0.1, 0.15) is 10.5 Å². The molecule has 1 aromatic carbocycles. The van der Waals surface area contributed by atoms with E-state index in [1.807, 2.05) is 36.2 Å². The van der Waals surface area contributed by atoms with Gasteiger partial charge in [0, 0.05) is 31.2 Å². The minimum atomic E-state index is -0.576. The predicted octanol–water partition coefficient (Wildman–Crippen LogP) is 4.47. The number of aromatic hydroxyl groups is 1. The maximum Gasteiger partial charge on any atom is 0.280 e. The average Bonchev–Trinajstić information content (AvgIpc) is 3.14. The number of nitrogens with zero attached hydrogens (tertiary/aromatic N) is 4. The zero-order chi connectivity index (χ0) is 21.3.